The van der Waals surface area contributed by atoms with Crippen LogP contribution >= 0.6 is 11.6 Å². The molecule has 0 aliphatic carbocycles. The average molecular weight is 439 g/mol. The van der Waals surface area contributed by atoms with E-state index in [9.17, 15) is 0 Å². The second-order valence-electron chi connectivity index (χ2n) is 7.63. The number of rotatable bonds is 10. The summed E-state index contributed by atoms with van der Waals surface area (Å²) in [5, 5.41) is 7.63. The largest absolute Gasteiger partial charge is 0.379 e. The van der Waals surface area contributed by atoms with Crippen molar-refractivity contribution in [3.8, 4) is 0 Å². The Morgan fingerprint density at radius 3 is 2.83 bits per heavy atom. The van der Waals surface area contributed by atoms with Crippen molar-refractivity contribution in [2.24, 2.45) is 4.99 Å². The highest BCUT2D eigenvalue weighted by Crippen LogP contribution is 2.27. The molecule has 2 fully saturated rings. The number of morpholine rings is 1. The fourth-order valence-electron chi connectivity index (χ4n) is 3.86. The fourth-order valence-corrected chi connectivity index (χ4v) is 4.12. The van der Waals surface area contributed by atoms with E-state index >= 15 is 0 Å². The van der Waals surface area contributed by atoms with Crippen LogP contribution in [0.15, 0.2) is 29.3 Å². The van der Waals surface area contributed by atoms with Crippen LogP contribution in [0.4, 0.5) is 0 Å². The van der Waals surface area contributed by atoms with Gasteiger partial charge >= 0.3 is 0 Å². The SMILES string of the molecule is CN=C(NCCCOCC1CCCO1)NCC(c1ccccc1Cl)N1CCOCC1. The van der Waals surface area contributed by atoms with E-state index in [0.29, 0.717) is 6.61 Å². The molecular formula is C22H35ClN4O3. The molecule has 2 heterocycles. The van der Waals surface area contributed by atoms with Crippen LogP contribution in [0, 0.1) is 0 Å². The first-order valence-electron chi connectivity index (χ1n) is 11.0. The lowest BCUT2D eigenvalue weighted by Crippen LogP contribution is -2.46. The summed E-state index contributed by atoms with van der Waals surface area (Å²) in [6.45, 7) is 7.11. The number of nitrogens with one attached hydrogen (secondary N) is 2. The average Bonchev–Trinajstić information content (AvgIpc) is 3.30. The number of halogens is 1. The van der Waals surface area contributed by atoms with Gasteiger partial charge in [-0.05, 0) is 30.9 Å². The molecule has 0 bridgehead atoms. The number of guanidine groups is 1. The summed E-state index contributed by atoms with van der Waals surface area (Å²) < 4.78 is 16.8. The van der Waals surface area contributed by atoms with Gasteiger partial charge in [0.15, 0.2) is 5.96 Å². The molecule has 168 valence electrons. The molecule has 7 nitrogen and oxygen atoms in total. The number of ether oxygens (including phenoxy) is 3. The topological polar surface area (TPSA) is 67.4 Å². The Hall–Kier alpha value is -1.38. The lowest BCUT2D eigenvalue weighted by molar-refractivity contribution is 0.0166. The summed E-state index contributed by atoms with van der Waals surface area (Å²) in [4.78, 5) is 6.78. The molecule has 0 amide bonds. The van der Waals surface area contributed by atoms with Gasteiger partial charge in [0.1, 0.15) is 0 Å². The molecule has 0 saturated carbocycles. The van der Waals surface area contributed by atoms with Gasteiger partial charge < -0.3 is 24.8 Å². The Balaban J connectivity index is 1.42. The molecule has 1 aromatic carbocycles. The molecule has 0 aromatic heterocycles. The van der Waals surface area contributed by atoms with Crippen molar-refractivity contribution in [1.82, 2.24) is 15.5 Å². The zero-order chi connectivity index (χ0) is 21.0. The summed E-state index contributed by atoms with van der Waals surface area (Å²) in [7, 11) is 1.79. The zero-order valence-corrected chi connectivity index (χ0v) is 18.7. The molecule has 2 aliphatic rings. The van der Waals surface area contributed by atoms with Gasteiger partial charge in [0.25, 0.3) is 0 Å². The van der Waals surface area contributed by atoms with E-state index in [1.54, 1.807) is 7.05 Å². The predicted molar refractivity (Wildman–Crippen MR) is 120 cm³/mol. The molecule has 0 spiro atoms. The van der Waals surface area contributed by atoms with Gasteiger partial charge in [-0.1, -0.05) is 29.8 Å². The normalized spacial score (nSPS) is 21.5. The van der Waals surface area contributed by atoms with Gasteiger partial charge in [-0.2, -0.15) is 0 Å². The van der Waals surface area contributed by atoms with Crippen LogP contribution < -0.4 is 10.6 Å². The highest BCUT2D eigenvalue weighted by atomic mass is 35.5. The second-order valence-corrected chi connectivity index (χ2v) is 8.04. The van der Waals surface area contributed by atoms with Crippen molar-refractivity contribution in [1.29, 1.82) is 0 Å². The van der Waals surface area contributed by atoms with Gasteiger partial charge in [0.2, 0.25) is 0 Å². The van der Waals surface area contributed by atoms with E-state index in [-0.39, 0.29) is 12.1 Å². The maximum absolute atomic E-state index is 6.51. The molecule has 2 unspecified atom stereocenters. The van der Waals surface area contributed by atoms with Gasteiger partial charge in [-0.15, -0.1) is 0 Å². The molecule has 0 radical (unpaired) electrons. The van der Waals surface area contributed by atoms with Gasteiger partial charge in [-0.25, -0.2) is 0 Å². The number of hydrogen-bond acceptors (Lipinski definition) is 5. The first kappa shape index (κ1) is 23.3. The number of hydrogen-bond donors (Lipinski definition) is 2. The zero-order valence-electron chi connectivity index (χ0n) is 17.9. The lowest BCUT2D eigenvalue weighted by Gasteiger charge is -2.35. The van der Waals surface area contributed by atoms with Gasteiger partial charge in [0, 0.05) is 51.5 Å². The van der Waals surface area contributed by atoms with Crippen LogP contribution in [-0.2, 0) is 14.2 Å². The van der Waals surface area contributed by atoms with E-state index in [4.69, 9.17) is 25.8 Å². The van der Waals surface area contributed by atoms with E-state index in [2.05, 4.69) is 26.6 Å². The molecule has 2 aliphatic heterocycles. The quantitative estimate of drug-likeness (QED) is 0.332. The Kier molecular flexibility index (Phi) is 10.2. The summed E-state index contributed by atoms with van der Waals surface area (Å²) >= 11 is 6.51. The smallest absolute Gasteiger partial charge is 0.191 e. The minimum atomic E-state index is 0.163. The highest BCUT2D eigenvalue weighted by Gasteiger charge is 2.24. The van der Waals surface area contributed by atoms with Crippen LogP contribution in [0.2, 0.25) is 5.02 Å². The maximum Gasteiger partial charge on any atom is 0.191 e. The third kappa shape index (κ3) is 7.39. The molecule has 2 saturated heterocycles. The second kappa shape index (κ2) is 13.1. The number of aliphatic imine (C=N–C) groups is 1. The van der Waals surface area contributed by atoms with Crippen LogP contribution in [0.3, 0.4) is 0 Å². The van der Waals surface area contributed by atoms with Crippen LogP contribution in [-0.4, -0.2) is 83.2 Å². The van der Waals surface area contributed by atoms with Crippen LogP contribution in [0.5, 0.6) is 0 Å². The van der Waals surface area contributed by atoms with E-state index in [0.717, 1.165) is 88.4 Å². The van der Waals surface area contributed by atoms with Gasteiger partial charge in [0.05, 0.1) is 32.0 Å². The highest BCUT2D eigenvalue weighted by molar-refractivity contribution is 6.31. The maximum atomic E-state index is 6.51. The summed E-state index contributed by atoms with van der Waals surface area (Å²) in [6.07, 6.45) is 3.47. The van der Waals surface area contributed by atoms with Crippen molar-refractivity contribution in [3.05, 3.63) is 34.9 Å². The first-order chi connectivity index (χ1) is 14.8. The molecule has 1 aromatic rings. The summed E-state index contributed by atoms with van der Waals surface area (Å²) in [5.74, 6) is 0.791. The minimum Gasteiger partial charge on any atom is -0.379 e. The molecule has 2 N–H and O–H groups in total. The molecule has 3 rings (SSSR count). The van der Waals surface area contributed by atoms with E-state index in [1.807, 2.05) is 18.2 Å². The molecule has 2 atom stereocenters. The van der Waals surface area contributed by atoms with Gasteiger partial charge in [-0.3, -0.25) is 9.89 Å². The minimum absolute atomic E-state index is 0.163. The number of benzene rings is 1. The van der Waals surface area contributed by atoms with Crippen molar-refractivity contribution >= 4 is 17.6 Å². The predicted octanol–water partition coefficient (Wildman–Crippen LogP) is 2.46. The monoisotopic (exact) mass is 438 g/mol. The summed E-state index contributed by atoms with van der Waals surface area (Å²) in [6, 6.07) is 8.23. The van der Waals surface area contributed by atoms with Crippen molar-refractivity contribution < 1.29 is 14.2 Å². The number of nitrogens with zero attached hydrogens (tertiary/aromatic N) is 2. The van der Waals surface area contributed by atoms with Crippen molar-refractivity contribution in [3.63, 3.8) is 0 Å². The Morgan fingerprint density at radius 1 is 1.27 bits per heavy atom. The van der Waals surface area contributed by atoms with E-state index < -0.39 is 0 Å². The van der Waals surface area contributed by atoms with Crippen LogP contribution in [0.1, 0.15) is 30.9 Å². The third-order valence-electron chi connectivity index (χ3n) is 5.52. The Labute approximate surface area is 185 Å². The summed E-state index contributed by atoms with van der Waals surface area (Å²) in [5.41, 5.74) is 1.13. The van der Waals surface area contributed by atoms with E-state index in [1.165, 1.54) is 0 Å². The molecular weight excluding hydrogens is 404 g/mol. The Bertz CT molecular complexity index is 649. The third-order valence-corrected chi connectivity index (χ3v) is 5.87. The van der Waals surface area contributed by atoms with Crippen LogP contribution in [0.25, 0.3) is 0 Å². The van der Waals surface area contributed by atoms with Crippen molar-refractivity contribution in [2.75, 3.05) is 66.3 Å². The molecule has 8 heteroatoms. The lowest BCUT2D eigenvalue weighted by atomic mass is 10.0. The van der Waals surface area contributed by atoms with Crippen molar-refractivity contribution in [2.45, 2.75) is 31.4 Å². The molecule has 30 heavy (non-hydrogen) atoms. The Morgan fingerprint density at radius 2 is 2.10 bits per heavy atom. The standard InChI is InChI=1S/C22H35ClN4O3/c1-24-22(25-9-5-12-29-17-18-6-4-13-30-18)26-16-21(27-10-14-28-15-11-27)19-7-2-3-8-20(19)23/h2-3,7-8,18,21H,4-6,9-17H2,1H3,(H2,24,25,26). The fraction of sp³-hybridized carbons (Fsp3) is 0.682. The first-order valence-corrected chi connectivity index (χ1v) is 11.4.